The number of likely N-dealkylation sites (N-methyl/N-ethyl adjacent to an activating group) is 1. The number of aromatic nitrogens is 1. The number of nitrogens with zero attached hydrogens (tertiary/aromatic N) is 3. The van der Waals surface area contributed by atoms with Gasteiger partial charge in [0, 0.05) is 19.3 Å². The molecule has 5 nitrogen and oxygen atoms in total. The molecule has 1 aliphatic heterocycles. The second-order valence-corrected chi connectivity index (χ2v) is 4.05. The monoisotopic (exact) mass is 230 g/mol. The van der Waals surface area contributed by atoms with Gasteiger partial charge in [-0.2, -0.15) is 5.26 Å². The van der Waals surface area contributed by atoms with Crippen LogP contribution in [0.4, 0.5) is 0 Å². The van der Waals surface area contributed by atoms with E-state index in [1.807, 2.05) is 12.1 Å². The van der Waals surface area contributed by atoms with Gasteiger partial charge in [0.15, 0.2) is 0 Å². The first-order valence-corrected chi connectivity index (χ1v) is 5.55. The lowest BCUT2D eigenvalue weighted by atomic mass is 10.2. The fourth-order valence-electron chi connectivity index (χ4n) is 2.02. The zero-order valence-corrected chi connectivity index (χ0v) is 9.68. The lowest BCUT2D eigenvalue weighted by molar-refractivity contribution is -0.129. The molecule has 1 aromatic rings. The Bertz CT molecular complexity index is 466. The van der Waals surface area contributed by atoms with Crippen LogP contribution in [0.25, 0.3) is 0 Å². The minimum atomic E-state index is -0.0627. The second-order valence-electron chi connectivity index (χ2n) is 4.05. The number of rotatable bonds is 3. The first kappa shape index (κ1) is 11.6. The molecule has 88 valence electrons. The van der Waals surface area contributed by atoms with E-state index in [0.717, 1.165) is 18.5 Å². The Morgan fingerprint density at radius 3 is 3.18 bits per heavy atom. The van der Waals surface area contributed by atoms with Crippen molar-refractivity contribution in [3.05, 3.63) is 29.6 Å². The normalized spacial score (nSPS) is 19.4. The molecular weight excluding hydrogens is 216 g/mol. The SMILES string of the molecule is CN[C@H]1CCN(Cc2ccnc(C#N)c2)C1=O. The third kappa shape index (κ3) is 2.43. The number of hydrogen-bond donors (Lipinski definition) is 1. The van der Waals surface area contributed by atoms with Crippen molar-refractivity contribution in [2.75, 3.05) is 13.6 Å². The Labute approximate surface area is 100 Å². The number of hydrogen-bond acceptors (Lipinski definition) is 4. The molecule has 1 saturated heterocycles. The molecule has 0 aliphatic carbocycles. The maximum absolute atomic E-state index is 11.9. The Hall–Kier alpha value is -1.93. The molecule has 17 heavy (non-hydrogen) atoms. The lowest BCUT2D eigenvalue weighted by Crippen LogP contribution is -2.35. The second kappa shape index (κ2) is 4.93. The number of carbonyl (C=O) groups is 1. The molecule has 1 aromatic heterocycles. The summed E-state index contributed by atoms with van der Waals surface area (Å²) in [5.74, 6) is 0.128. The van der Waals surface area contributed by atoms with E-state index in [-0.39, 0.29) is 11.9 Å². The van der Waals surface area contributed by atoms with Crippen LogP contribution >= 0.6 is 0 Å². The molecule has 5 heteroatoms. The molecule has 2 rings (SSSR count). The molecule has 0 unspecified atom stereocenters. The van der Waals surface area contributed by atoms with Crippen molar-refractivity contribution in [1.82, 2.24) is 15.2 Å². The summed E-state index contributed by atoms with van der Waals surface area (Å²) in [5, 5.41) is 11.7. The molecule has 0 radical (unpaired) electrons. The Morgan fingerprint density at radius 1 is 1.71 bits per heavy atom. The van der Waals surface area contributed by atoms with E-state index in [2.05, 4.69) is 10.3 Å². The van der Waals surface area contributed by atoms with Crippen LogP contribution in [0.2, 0.25) is 0 Å². The van der Waals surface area contributed by atoms with E-state index in [9.17, 15) is 4.79 Å². The minimum absolute atomic E-state index is 0.0627. The van der Waals surface area contributed by atoms with E-state index >= 15 is 0 Å². The summed E-state index contributed by atoms with van der Waals surface area (Å²) in [4.78, 5) is 17.6. The highest BCUT2D eigenvalue weighted by Crippen LogP contribution is 2.14. The quantitative estimate of drug-likeness (QED) is 0.809. The highest BCUT2D eigenvalue weighted by atomic mass is 16.2. The first-order chi connectivity index (χ1) is 8.24. The number of amides is 1. The molecule has 1 N–H and O–H groups in total. The van der Waals surface area contributed by atoms with Crippen molar-refractivity contribution in [3.63, 3.8) is 0 Å². The highest BCUT2D eigenvalue weighted by Gasteiger charge is 2.29. The van der Waals surface area contributed by atoms with Crippen molar-refractivity contribution >= 4 is 5.91 Å². The number of likely N-dealkylation sites (tertiary alicyclic amines) is 1. The summed E-state index contributed by atoms with van der Waals surface area (Å²) in [6.45, 7) is 1.31. The van der Waals surface area contributed by atoms with Crippen LogP contribution in [-0.2, 0) is 11.3 Å². The van der Waals surface area contributed by atoms with Gasteiger partial charge in [-0.25, -0.2) is 4.98 Å². The van der Waals surface area contributed by atoms with Crippen LogP contribution in [0.15, 0.2) is 18.3 Å². The zero-order valence-electron chi connectivity index (χ0n) is 9.68. The fourth-order valence-corrected chi connectivity index (χ4v) is 2.02. The van der Waals surface area contributed by atoms with Gasteiger partial charge < -0.3 is 10.2 Å². The van der Waals surface area contributed by atoms with E-state index < -0.39 is 0 Å². The van der Waals surface area contributed by atoms with Crippen molar-refractivity contribution in [1.29, 1.82) is 5.26 Å². The highest BCUT2D eigenvalue weighted by molar-refractivity contribution is 5.83. The molecule has 2 heterocycles. The third-order valence-electron chi connectivity index (χ3n) is 2.96. The van der Waals surface area contributed by atoms with Gasteiger partial charge in [-0.05, 0) is 31.2 Å². The summed E-state index contributed by atoms with van der Waals surface area (Å²) in [6, 6.07) is 5.49. The van der Waals surface area contributed by atoms with Crippen LogP contribution < -0.4 is 5.32 Å². The minimum Gasteiger partial charge on any atom is -0.337 e. The van der Waals surface area contributed by atoms with Gasteiger partial charge in [0.2, 0.25) is 5.91 Å². The van der Waals surface area contributed by atoms with Crippen LogP contribution in [0.3, 0.4) is 0 Å². The zero-order chi connectivity index (χ0) is 12.3. The van der Waals surface area contributed by atoms with Gasteiger partial charge in [0.25, 0.3) is 0 Å². The van der Waals surface area contributed by atoms with E-state index in [0.29, 0.717) is 12.2 Å². The van der Waals surface area contributed by atoms with E-state index in [1.165, 1.54) is 0 Å². The summed E-state index contributed by atoms with van der Waals surface area (Å²) in [7, 11) is 1.80. The molecule has 1 amide bonds. The van der Waals surface area contributed by atoms with Crippen molar-refractivity contribution < 1.29 is 4.79 Å². The van der Waals surface area contributed by atoms with Gasteiger partial charge in [-0.1, -0.05) is 0 Å². The third-order valence-corrected chi connectivity index (χ3v) is 2.96. The van der Waals surface area contributed by atoms with Gasteiger partial charge in [-0.3, -0.25) is 4.79 Å². The fraction of sp³-hybridized carbons (Fsp3) is 0.417. The molecule has 1 aliphatic rings. The van der Waals surface area contributed by atoms with Crippen LogP contribution in [-0.4, -0.2) is 35.4 Å². The average molecular weight is 230 g/mol. The number of pyridine rings is 1. The summed E-state index contributed by atoms with van der Waals surface area (Å²) in [5.41, 5.74) is 1.33. The predicted molar refractivity (Wildman–Crippen MR) is 61.8 cm³/mol. The lowest BCUT2D eigenvalue weighted by Gasteiger charge is -2.16. The maximum Gasteiger partial charge on any atom is 0.240 e. The number of carbonyl (C=O) groups excluding carboxylic acids is 1. The van der Waals surface area contributed by atoms with E-state index in [1.54, 1.807) is 24.2 Å². The molecule has 0 aromatic carbocycles. The molecule has 0 spiro atoms. The Morgan fingerprint density at radius 2 is 2.53 bits per heavy atom. The van der Waals surface area contributed by atoms with Crippen molar-refractivity contribution in [2.45, 2.75) is 19.0 Å². The molecular formula is C12H14N4O. The van der Waals surface area contributed by atoms with Gasteiger partial charge in [0.05, 0.1) is 6.04 Å². The topological polar surface area (TPSA) is 69.0 Å². The van der Waals surface area contributed by atoms with Gasteiger partial charge >= 0.3 is 0 Å². The van der Waals surface area contributed by atoms with Crippen molar-refractivity contribution in [2.24, 2.45) is 0 Å². The Kier molecular flexibility index (Phi) is 3.35. The number of nitriles is 1. The standard InChI is InChI=1S/C12H14N4O/c1-14-11-3-5-16(12(11)17)8-9-2-4-15-10(6-9)7-13/h2,4,6,11,14H,3,5,8H2,1H3/t11-/m0/s1. The van der Waals surface area contributed by atoms with Gasteiger partial charge in [0.1, 0.15) is 11.8 Å². The summed E-state index contributed by atoms with van der Waals surface area (Å²) >= 11 is 0. The summed E-state index contributed by atoms with van der Waals surface area (Å²) in [6.07, 6.45) is 2.44. The predicted octanol–water partition coefficient (Wildman–Crippen LogP) is 0.274. The van der Waals surface area contributed by atoms with Crippen molar-refractivity contribution in [3.8, 4) is 6.07 Å². The first-order valence-electron chi connectivity index (χ1n) is 5.55. The van der Waals surface area contributed by atoms with Crippen LogP contribution in [0.5, 0.6) is 0 Å². The Balaban J connectivity index is 2.07. The summed E-state index contributed by atoms with van der Waals surface area (Å²) < 4.78 is 0. The molecule has 0 bridgehead atoms. The maximum atomic E-state index is 11.9. The van der Waals surface area contributed by atoms with E-state index in [4.69, 9.17) is 5.26 Å². The largest absolute Gasteiger partial charge is 0.337 e. The smallest absolute Gasteiger partial charge is 0.240 e. The molecule has 1 atom stereocenters. The average Bonchev–Trinajstić information content (AvgIpc) is 2.71. The molecule has 1 fully saturated rings. The van der Waals surface area contributed by atoms with Gasteiger partial charge in [-0.15, -0.1) is 0 Å². The molecule has 0 saturated carbocycles. The number of nitrogens with one attached hydrogen (secondary N) is 1. The van der Waals surface area contributed by atoms with Crippen LogP contribution in [0, 0.1) is 11.3 Å². The van der Waals surface area contributed by atoms with Crippen LogP contribution in [0.1, 0.15) is 17.7 Å².